The number of ether oxygens (including phenoxy) is 2. The van der Waals surface area contributed by atoms with Crippen LogP contribution in [0.15, 0.2) is 48.8 Å². The van der Waals surface area contributed by atoms with Gasteiger partial charge in [0.15, 0.2) is 46.3 Å². The van der Waals surface area contributed by atoms with Gasteiger partial charge < -0.3 is 20.4 Å². The highest BCUT2D eigenvalue weighted by Crippen LogP contribution is 2.36. The molecule has 132 valence electrons. The summed E-state index contributed by atoms with van der Waals surface area (Å²) in [6, 6.07) is 9.80. The zero-order valence-electron chi connectivity index (χ0n) is 13.5. The van der Waals surface area contributed by atoms with E-state index in [2.05, 4.69) is 9.97 Å². The Kier molecular flexibility index (Phi) is 4.85. The van der Waals surface area contributed by atoms with Crippen LogP contribution >= 0.6 is 11.6 Å². The number of nitrogens with zero attached hydrogens (tertiary/aromatic N) is 3. The number of rotatable bonds is 5. The molecule has 0 aliphatic rings. The van der Waals surface area contributed by atoms with Crippen molar-refractivity contribution in [1.82, 2.24) is 9.97 Å². The third-order valence-corrected chi connectivity index (χ3v) is 3.66. The molecule has 1 aromatic carbocycles. The van der Waals surface area contributed by atoms with E-state index in [0.717, 1.165) is 0 Å². The fourth-order valence-electron chi connectivity index (χ4n) is 2.18. The van der Waals surface area contributed by atoms with Gasteiger partial charge in [0.1, 0.15) is 0 Å². The molecule has 0 saturated carbocycles. The molecule has 3 rings (SSSR count). The Morgan fingerprint density at radius 3 is 2.42 bits per heavy atom. The van der Waals surface area contributed by atoms with Crippen LogP contribution in [0, 0.1) is 5.21 Å². The molecule has 9 heteroatoms. The number of primary amides is 1. The molecule has 0 fully saturated rings. The Labute approximate surface area is 153 Å². The molecule has 3 aromatic rings. The summed E-state index contributed by atoms with van der Waals surface area (Å²) >= 11 is 6.21. The Balaban J connectivity index is 2.08. The van der Waals surface area contributed by atoms with E-state index in [1.165, 1.54) is 31.6 Å². The summed E-state index contributed by atoms with van der Waals surface area (Å²) < 4.78 is 11.5. The predicted octanol–water partition coefficient (Wildman–Crippen LogP) is 2.33. The number of benzene rings is 1. The quantitative estimate of drug-likeness (QED) is 0.417. The molecule has 0 radical (unpaired) electrons. The zero-order chi connectivity index (χ0) is 18.7. The van der Waals surface area contributed by atoms with Gasteiger partial charge >= 0.3 is 0 Å². The fourth-order valence-corrected chi connectivity index (χ4v) is 2.39. The number of halogens is 1. The van der Waals surface area contributed by atoms with Crippen LogP contribution in [-0.4, -0.2) is 23.0 Å². The van der Waals surface area contributed by atoms with E-state index in [9.17, 15) is 10.0 Å². The van der Waals surface area contributed by atoms with Gasteiger partial charge in [0.25, 0.3) is 5.91 Å². The van der Waals surface area contributed by atoms with E-state index in [-0.39, 0.29) is 22.4 Å². The molecule has 0 saturated heterocycles. The first-order valence-corrected chi connectivity index (χ1v) is 7.75. The normalized spacial score (nSPS) is 10.4. The van der Waals surface area contributed by atoms with Crippen LogP contribution in [0.5, 0.6) is 17.2 Å². The van der Waals surface area contributed by atoms with Crippen LogP contribution in [0.25, 0.3) is 11.4 Å². The number of para-hydroxylation sites is 2. The number of pyridine rings is 1. The van der Waals surface area contributed by atoms with E-state index in [1.807, 2.05) is 0 Å². The molecule has 2 aromatic heterocycles. The molecule has 0 aliphatic heterocycles. The van der Waals surface area contributed by atoms with E-state index < -0.39 is 5.91 Å². The third-order valence-electron chi connectivity index (χ3n) is 3.40. The minimum atomic E-state index is -0.838. The van der Waals surface area contributed by atoms with Crippen molar-refractivity contribution in [3.05, 3.63) is 64.8 Å². The average Bonchev–Trinajstić information content (AvgIpc) is 2.64. The van der Waals surface area contributed by atoms with Crippen molar-refractivity contribution >= 4 is 17.5 Å². The van der Waals surface area contributed by atoms with Crippen molar-refractivity contribution in [2.45, 2.75) is 0 Å². The van der Waals surface area contributed by atoms with E-state index in [1.54, 1.807) is 24.3 Å². The molecule has 0 aliphatic carbocycles. The minimum Gasteiger partial charge on any atom is -0.619 e. The lowest BCUT2D eigenvalue weighted by atomic mass is 10.2. The zero-order valence-corrected chi connectivity index (χ0v) is 14.3. The van der Waals surface area contributed by atoms with Gasteiger partial charge in [0.2, 0.25) is 0 Å². The van der Waals surface area contributed by atoms with Crippen LogP contribution in [0.4, 0.5) is 0 Å². The summed E-state index contributed by atoms with van der Waals surface area (Å²) in [4.78, 5) is 20.1. The molecular formula is C17H13ClN4O4. The van der Waals surface area contributed by atoms with Crippen molar-refractivity contribution in [2.75, 3.05) is 7.11 Å². The van der Waals surface area contributed by atoms with Gasteiger partial charge in [0.05, 0.1) is 7.11 Å². The number of hydrogen-bond donors (Lipinski definition) is 1. The summed E-state index contributed by atoms with van der Waals surface area (Å²) in [5, 5.41) is 11.1. The standard InChI is InChI=1S/C17H13ClN4O4/c1-25-11-4-2-3-5-12(11)26-14-13(16(19)23)20-17(21-15(14)18)10-6-8-22(24)9-7-10/h2-9H,1H3,(H2,19,23). The van der Waals surface area contributed by atoms with E-state index in [4.69, 9.17) is 26.8 Å². The molecule has 0 atom stereocenters. The molecule has 0 bridgehead atoms. The second-order valence-electron chi connectivity index (χ2n) is 5.08. The van der Waals surface area contributed by atoms with Crippen molar-refractivity contribution in [1.29, 1.82) is 0 Å². The Morgan fingerprint density at radius 2 is 1.81 bits per heavy atom. The monoisotopic (exact) mass is 372 g/mol. The number of methoxy groups -OCH3 is 1. The summed E-state index contributed by atoms with van der Waals surface area (Å²) in [5.41, 5.74) is 5.73. The van der Waals surface area contributed by atoms with E-state index >= 15 is 0 Å². The highest BCUT2D eigenvalue weighted by molar-refractivity contribution is 6.31. The maximum Gasteiger partial charge on any atom is 0.271 e. The number of carbonyl (C=O) groups is 1. The SMILES string of the molecule is COc1ccccc1Oc1c(Cl)nc(-c2cc[n+]([O-])cc2)nc1C(N)=O. The predicted molar refractivity (Wildman–Crippen MR) is 93.0 cm³/mol. The lowest BCUT2D eigenvalue weighted by molar-refractivity contribution is -0.605. The Hall–Kier alpha value is -3.39. The molecule has 2 heterocycles. The van der Waals surface area contributed by atoms with Crippen molar-refractivity contribution < 1.29 is 19.0 Å². The van der Waals surface area contributed by atoms with Crippen molar-refractivity contribution in [3.8, 4) is 28.6 Å². The number of amides is 1. The van der Waals surface area contributed by atoms with Crippen LogP contribution in [-0.2, 0) is 0 Å². The largest absolute Gasteiger partial charge is 0.619 e. The molecule has 0 spiro atoms. The number of carbonyl (C=O) groups excluding carboxylic acids is 1. The number of nitrogens with two attached hydrogens (primary N) is 1. The van der Waals surface area contributed by atoms with Gasteiger partial charge in [-0.05, 0) is 12.1 Å². The van der Waals surface area contributed by atoms with Crippen LogP contribution in [0.3, 0.4) is 0 Å². The smallest absolute Gasteiger partial charge is 0.271 e. The lowest BCUT2D eigenvalue weighted by Gasteiger charge is -2.13. The fraction of sp³-hybridized carbons (Fsp3) is 0.0588. The second-order valence-corrected chi connectivity index (χ2v) is 5.44. The molecule has 2 N–H and O–H groups in total. The van der Waals surface area contributed by atoms with Crippen molar-refractivity contribution in [3.63, 3.8) is 0 Å². The summed E-state index contributed by atoms with van der Waals surface area (Å²) in [6.07, 6.45) is 2.55. The first-order chi connectivity index (χ1) is 12.5. The summed E-state index contributed by atoms with van der Waals surface area (Å²) in [5.74, 6) is -0.0248. The van der Waals surface area contributed by atoms with Gasteiger partial charge in [-0.25, -0.2) is 9.97 Å². The van der Waals surface area contributed by atoms with Gasteiger partial charge in [-0.1, -0.05) is 23.7 Å². The average molecular weight is 373 g/mol. The van der Waals surface area contributed by atoms with Gasteiger partial charge in [-0.15, -0.1) is 0 Å². The minimum absolute atomic E-state index is 0.0813. The lowest BCUT2D eigenvalue weighted by Crippen LogP contribution is -2.23. The summed E-state index contributed by atoms with van der Waals surface area (Å²) in [6.45, 7) is 0. The maximum atomic E-state index is 11.9. The van der Waals surface area contributed by atoms with Gasteiger partial charge in [-0.3, -0.25) is 4.79 Å². The molecule has 8 nitrogen and oxygen atoms in total. The number of aromatic nitrogens is 3. The topological polar surface area (TPSA) is 114 Å². The molecule has 0 unspecified atom stereocenters. The van der Waals surface area contributed by atoms with Crippen LogP contribution < -0.4 is 19.9 Å². The highest BCUT2D eigenvalue weighted by atomic mass is 35.5. The highest BCUT2D eigenvalue weighted by Gasteiger charge is 2.21. The van der Waals surface area contributed by atoms with Crippen molar-refractivity contribution in [2.24, 2.45) is 5.73 Å². The van der Waals surface area contributed by atoms with Crippen LogP contribution in [0.2, 0.25) is 5.15 Å². The molecule has 1 amide bonds. The third kappa shape index (κ3) is 3.50. The first-order valence-electron chi connectivity index (χ1n) is 7.37. The molecular weight excluding hydrogens is 360 g/mol. The van der Waals surface area contributed by atoms with Crippen LogP contribution in [0.1, 0.15) is 10.5 Å². The van der Waals surface area contributed by atoms with Gasteiger partial charge in [-0.2, -0.15) is 4.73 Å². The number of hydrogen-bond acceptors (Lipinski definition) is 6. The molecule has 26 heavy (non-hydrogen) atoms. The maximum absolute atomic E-state index is 11.9. The summed E-state index contributed by atoms with van der Waals surface area (Å²) in [7, 11) is 1.48. The first kappa shape index (κ1) is 17.4. The Bertz CT molecular complexity index is 963. The van der Waals surface area contributed by atoms with E-state index in [0.29, 0.717) is 21.8 Å². The van der Waals surface area contributed by atoms with Gasteiger partial charge in [0, 0.05) is 17.7 Å². The Morgan fingerprint density at radius 1 is 1.15 bits per heavy atom. The second kappa shape index (κ2) is 7.24.